The van der Waals surface area contributed by atoms with Crippen LogP contribution in [-0.2, 0) is 17.6 Å². The van der Waals surface area contributed by atoms with Gasteiger partial charge in [-0.2, -0.15) is 5.26 Å². The molecule has 0 unspecified atom stereocenters. The summed E-state index contributed by atoms with van der Waals surface area (Å²) >= 11 is 9.02. The van der Waals surface area contributed by atoms with E-state index in [1.165, 1.54) is 20.8 Å². The molecule has 5 rings (SSSR count). The molecule has 164 valence electrons. The van der Waals surface area contributed by atoms with Gasteiger partial charge < -0.3 is 5.32 Å². The van der Waals surface area contributed by atoms with E-state index in [0.717, 1.165) is 36.6 Å². The minimum atomic E-state index is -0.260. The summed E-state index contributed by atoms with van der Waals surface area (Å²) in [5.41, 5.74) is 2.44. The number of rotatable bonds is 5. The van der Waals surface area contributed by atoms with Gasteiger partial charge in [-0.05, 0) is 49.1 Å². The molecule has 9 heteroatoms. The number of nitrogens with zero attached hydrogens (tertiary/aromatic N) is 3. The van der Waals surface area contributed by atoms with Crippen molar-refractivity contribution in [1.29, 1.82) is 5.26 Å². The zero-order valence-electron chi connectivity index (χ0n) is 17.3. The van der Waals surface area contributed by atoms with Crippen LogP contribution in [0.2, 0.25) is 5.02 Å². The van der Waals surface area contributed by atoms with Crippen molar-refractivity contribution in [3.63, 3.8) is 0 Å². The summed E-state index contributed by atoms with van der Waals surface area (Å²) in [6, 6.07) is 16.4. The van der Waals surface area contributed by atoms with Gasteiger partial charge in [0.25, 0.3) is 5.56 Å². The zero-order chi connectivity index (χ0) is 22.9. The van der Waals surface area contributed by atoms with E-state index < -0.39 is 0 Å². The lowest BCUT2D eigenvalue weighted by Gasteiger charge is -2.14. The van der Waals surface area contributed by atoms with Gasteiger partial charge in [-0.15, -0.1) is 11.3 Å². The number of hydrogen-bond acceptors (Lipinski definition) is 6. The molecule has 0 atom stereocenters. The van der Waals surface area contributed by atoms with Gasteiger partial charge in [-0.3, -0.25) is 14.2 Å². The van der Waals surface area contributed by atoms with Crippen molar-refractivity contribution in [2.45, 2.75) is 24.4 Å². The number of halogens is 1. The number of nitriles is 1. The lowest BCUT2D eigenvalue weighted by molar-refractivity contribution is -0.113. The van der Waals surface area contributed by atoms with Gasteiger partial charge in [0.1, 0.15) is 11.1 Å². The molecule has 2 aromatic carbocycles. The van der Waals surface area contributed by atoms with E-state index in [-0.39, 0.29) is 17.2 Å². The monoisotopic (exact) mass is 492 g/mol. The Hall–Kier alpha value is -3.12. The lowest BCUT2D eigenvalue weighted by atomic mass is 10.1. The van der Waals surface area contributed by atoms with Gasteiger partial charge in [-0.25, -0.2) is 4.98 Å². The average molecular weight is 493 g/mol. The number of carbonyl (C=O) groups excluding carboxylic acids is 1. The molecule has 0 saturated carbocycles. The lowest BCUT2D eigenvalue weighted by Crippen LogP contribution is -2.23. The number of hydrogen-bond donors (Lipinski definition) is 1. The molecule has 0 fully saturated rings. The second-order valence-corrected chi connectivity index (χ2v) is 9.97. The fourth-order valence-electron chi connectivity index (χ4n) is 3.96. The Labute approximate surface area is 202 Å². The maximum atomic E-state index is 13.3. The Morgan fingerprint density at radius 1 is 1.21 bits per heavy atom. The number of aromatic nitrogens is 2. The van der Waals surface area contributed by atoms with E-state index in [4.69, 9.17) is 11.6 Å². The highest BCUT2D eigenvalue weighted by Crippen LogP contribution is 2.38. The number of anilines is 1. The molecule has 0 aliphatic heterocycles. The molecule has 0 spiro atoms. The van der Waals surface area contributed by atoms with E-state index in [2.05, 4.69) is 16.4 Å². The van der Waals surface area contributed by atoms with E-state index in [9.17, 15) is 14.9 Å². The normalized spacial score (nSPS) is 12.5. The topological polar surface area (TPSA) is 87.8 Å². The first-order valence-corrected chi connectivity index (χ1v) is 12.5. The van der Waals surface area contributed by atoms with Crippen LogP contribution in [0, 0.1) is 11.3 Å². The Bertz CT molecular complexity index is 1500. The van der Waals surface area contributed by atoms with Crippen molar-refractivity contribution in [3.8, 4) is 11.8 Å². The molecule has 1 aliphatic carbocycles. The molecular weight excluding hydrogens is 476 g/mol. The van der Waals surface area contributed by atoms with Gasteiger partial charge in [0.15, 0.2) is 5.16 Å². The molecule has 1 N–H and O–H groups in total. The molecule has 2 aromatic heterocycles. The first-order valence-electron chi connectivity index (χ1n) is 10.3. The second-order valence-electron chi connectivity index (χ2n) is 7.51. The molecule has 6 nitrogen and oxygen atoms in total. The largest absolute Gasteiger partial charge is 0.316 e. The summed E-state index contributed by atoms with van der Waals surface area (Å²) in [6.45, 7) is 0. The predicted molar refractivity (Wildman–Crippen MR) is 133 cm³/mol. The van der Waals surface area contributed by atoms with E-state index in [0.29, 0.717) is 37.3 Å². The van der Waals surface area contributed by atoms with Gasteiger partial charge in [0.2, 0.25) is 5.91 Å². The quantitative estimate of drug-likeness (QED) is 0.306. The number of benzene rings is 2. The average Bonchev–Trinajstić information content (AvgIpc) is 3.39. The van der Waals surface area contributed by atoms with E-state index in [1.54, 1.807) is 42.5 Å². The van der Waals surface area contributed by atoms with Crippen molar-refractivity contribution < 1.29 is 4.79 Å². The highest BCUT2D eigenvalue weighted by atomic mass is 35.5. The third-order valence-corrected chi connectivity index (χ3v) is 7.92. The molecule has 4 aromatic rings. The molecule has 1 aliphatic rings. The number of fused-ring (bicyclic) bond motifs is 2. The number of carbonyl (C=O) groups is 1. The van der Waals surface area contributed by atoms with Crippen molar-refractivity contribution >= 4 is 56.5 Å². The fourth-order valence-corrected chi connectivity index (χ4v) is 6.24. The minimum absolute atomic E-state index is 0.0304. The molecular formula is C24H17ClN4O2S2. The molecule has 0 radical (unpaired) electrons. The number of nitrogens with one attached hydrogen (secondary N) is 1. The van der Waals surface area contributed by atoms with Crippen LogP contribution in [0.15, 0.2) is 58.5 Å². The summed E-state index contributed by atoms with van der Waals surface area (Å²) in [5.74, 6) is -0.229. The van der Waals surface area contributed by atoms with Crippen LogP contribution >= 0.6 is 34.7 Å². The Kier molecular flexibility index (Phi) is 5.94. The Morgan fingerprint density at radius 2 is 2.00 bits per heavy atom. The maximum absolute atomic E-state index is 13.3. The zero-order valence-corrected chi connectivity index (χ0v) is 19.7. The first kappa shape index (κ1) is 21.7. The highest BCUT2D eigenvalue weighted by Gasteiger charge is 2.23. The Morgan fingerprint density at radius 3 is 2.82 bits per heavy atom. The summed E-state index contributed by atoms with van der Waals surface area (Å²) in [7, 11) is 0. The molecule has 2 heterocycles. The Balaban J connectivity index is 1.46. The summed E-state index contributed by atoms with van der Waals surface area (Å²) < 4.78 is 1.45. The smallest absolute Gasteiger partial charge is 0.266 e. The van der Waals surface area contributed by atoms with Crippen molar-refractivity contribution in [3.05, 3.63) is 79.9 Å². The van der Waals surface area contributed by atoms with Crippen molar-refractivity contribution in [1.82, 2.24) is 9.55 Å². The third-order valence-electron chi connectivity index (χ3n) is 5.46. The fraction of sp³-hybridized carbons (Fsp3) is 0.167. The SMILES string of the molecule is N#Cc1c(NC(=O)CSc2nc3ccccc3c(=O)n2-c2ccccc2Cl)sc2c1CCC2. The van der Waals surface area contributed by atoms with Crippen LogP contribution in [0.1, 0.15) is 22.4 Å². The van der Waals surface area contributed by atoms with Crippen LogP contribution in [-0.4, -0.2) is 21.2 Å². The van der Waals surface area contributed by atoms with Gasteiger partial charge >= 0.3 is 0 Å². The number of thiophene rings is 1. The maximum Gasteiger partial charge on any atom is 0.266 e. The second kappa shape index (κ2) is 9.02. The van der Waals surface area contributed by atoms with E-state index in [1.807, 2.05) is 6.07 Å². The summed E-state index contributed by atoms with van der Waals surface area (Å²) in [4.78, 5) is 31.9. The van der Waals surface area contributed by atoms with Crippen molar-refractivity contribution in [2.75, 3.05) is 11.1 Å². The van der Waals surface area contributed by atoms with Crippen LogP contribution in [0.3, 0.4) is 0 Å². The number of aryl methyl sites for hydroxylation is 1. The summed E-state index contributed by atoms with van der Waals surface area (Å²) in [6.07, 6.45) is 2.88. The number of thioether (sulfide) groups is 1. The molecule has 1 amide bonds. The standard InChI is InChI=1S/C24H17ClN4O2S2/c25-17-8-2-4-10-19(17)29-23(31)15-6-1-3-9-18(15)27-24(29)32-13-21(30)28-22-16(12-26)14-7-5-11-20(14)33-22/h1-4,6,8-10H,5,7,11,13H2,(H,28,30). The summed E-state index contributed by atoms with van der Waals surface area (Å²) in [5, 5.41) is 14.3. The third kappa shape index (κ3) is 4.04. The van der Waals surface area contributed by atoms with Gasteiger partial charge in [0, 0.05) is 4.88 Å². The van der Waals surface area contributed by atoms with Gasteiger partial charge in [-0.1, -0.05) is 47.6 Å². The predicted octanol–water partition coefficient (Wildman–Crippen LogP) is 5.19. The van der Waals surface area contributed by atoms with Crippen LogP contribution < -0.4 is 10.9 Å². The molecule has 0 bridgehead atoms. The molecule has 0 saturated heterocycles. The minimum Gasteiger partial charge on any atom is -0.316 e. The van der Waals surface area contributed by atoms with Crippen LogP contribution in [0.5, 0.6) is 0 Å². The highest BCUT2D eigenvalue weighted by molar-refractivity contribution is 7.99. The van der Waals surface area contributed by atoms with Gasteiger partial charge in [0.05, 0.1) is 32.9 Å². The number of para-hydroxylation sites is 2. The van der Waals surface area contributed by atoms with Crippen LogP contribution in [0.25, 0.3) is 16.6 Å². The van der Waals surface area contributed by atoms with E-state index >= 15 is 0 Å². The first-order chi connectivity index (χ1) is 16.1. The van der Waals surface area contributed by atoms with Crippen LogP contribution in [0.4, 0.5) is 5.00 Å². The van der Waals surface area contributed by atoms with Crippen molar-refractivity contribution in [2.24, 2.45) is 0 Å². The molecule has 33 heavy (non-hydrogen) atoms. The number of amides is 1.